The lowest BCUT2D eigenvalue weighted by atomic mass is 10.1. The van der Waals surface area contributed by atoms with Gasteiger partial charge in [-0.2, -0.15) is 0 Å². The topological polar surface area (TPSA) is 45.7 Å². The molecule has 1 aliphatic heterocycles. The first kappa shape index (κ1) is 20.9. The predicted octanol–water partition coefficient (Wildman–Crippen LogP) is 3.90. The van der Waals surface area contributed by atoms with Crippen molar-refractivity contribution in [1.29, 1.82) is 0 Å². The van der Waals surface area contributed by atoms with Crippen LogP contribution in [0.4, 0.5) is 8.78 Å². The summed E-state index contributed by atoms with van der Waals surface area (Å²) in [7, 11) is 0. The Hall–Kier alpha value is -3.32. The summed E-state index contributed by atoms with van der Waals surface area (Å²) in [5, 5.41) is 0. The van der Waals surface area contributed by atoms with Gasteiger partial charge in [0.25, 0.3) is 5.91 Å². The molecule has 0 aliphatic carbocycles. The first-order chi connectivity index (χ1) is 15.1. The molecular weight excluding hydrogens is 400 g/mol. The van der Waals surface area contributed by atoms with Crippen molar-refractivity contribution in [2.75, 3.05) is 26.2 Å². The van der Waals surface area contributed by atoms with Gasteiger partial charge in [-0.25, -0.2) is 8.78 Å². The molecule has 2 heterocycles. The van der Waals surface area contributed by atoms with E-state index in [-0.39, 0.29) is 11.5 Å². The van der Waals surface area contributed by atoms with Gasteiger partial charge in [-0.05, 0) is 48.0 Å². The number of pyridine rings is 1. The average Bonchev–Trinajstić information content (AvgIpc) is 2.81. The van der Waals surface area contributed by atoms with E-state index in [1.54, 1.807) is 11.1 Å². The van der Waals surface area contributed by atoms with Crippen LogP contribution in [0.5, 0.6) is 5.75 Å². The maximum atomic E-state index is 13.4. The number of aromatic nitrogens is 1. The summed E-state index contributed by atoms with van der Waals surface area (Å²) in [6.45, 7) is 3.72. The van der Waals surface area contributed by atoms with Crippen molar-refractivity contribution >= 4 is 5.91 Å². The minimum atomic E-state index is -1.00. The molecule has 31 heavy (non-hydrogen) atoms. The fourth-order valence-electron chi connectivity index (χ4n) is 3.51. The molecule has 1 saturated heterocycles. The summed E-state index contributed by atoms with van der Waals surface area (Å²) in [6.07, 6.45) is 1.74. The number of carbonyl (C=O) groups excluding carboxylic acids is 1. The number of benzene rings is 2. The largest absolute Gasteiger partial charge is 0.487 e. The second-order valence-electron chi connectivity index (χ2n) is 7.45. The molecule has 1 amide bonds. The number of hydrogen-bond donors (Lipinski definition) is 0. The number of halogens is 2. The van der Waals surface area contributed by atoms with E-state index < -0.39 is 11.6 Å². The molecule has 0 radical (unpaired) electrons. The Bertz CT molecular complexity index is 1020. The molecule has 160 valence electrons. The van der Waals surface area contributed by atoms with Gasteiger partial charge in [0.2, 0.25) is 0 Å². The van der Waals surface area contributed by atoms with Gasteiger partial charge in [0, 0.05) is 44.5 Å². The number of hydrogen-bond acceptors (Lipinski definition) is 4. The van der Waals surface area contributed by atoms with E-state index in [2.05, 4.69) is 9.88 Å². The third-order valence-corrected chi connectivity index (χ3v) is 5.27. The first-order valence-corrected chi connectivity index (χ1v) is 10.2. The van der Waals surface area contributed by atoms with E-state index >= 15 is 0 Å². The second-order valence-corrected chi connectivity index (χ2v) is 7.45. The Morgan fingerprint density at radius 3 is 2.39 bits per heavy atom. The number of nitrogens with zero attached hydrogens (tertiary/aromatic N) is 3. The molecule has 0 unspecified atom stereocenters. The minimum Gasteiger partial charge on any atom is -0.487 e. The molecule has 2 aromatic carbocycles. The van der Waals surface area contributed by atoms with Crippen molar-refractivity contribution in [3.63, 3.8) is 0 Å². The smallest absolute Gasteiger partial charge is 0.254 e. The van der Waals surface area contributed by atoms with Crippen LogP contribution in [0.3, 0.4) is 0 Å². The monoisotopic (exact) mass is 423 g/mol. The quantitative estimate of drug-likeness (QED) is 0.603. The van der Waals surface area contributed by atoms with Crippen molar-refractivity contribution in [2.24, 2.45) is 0 Å². The van der Waals surface area contributed by atoms with E-state index in [1.165, 1.54) is 6.07 Å². The van der Waals surface area contributed by atoms with Crippen LogP contribution in [0.1, 0.15) is 21.6 Å². The van der Waals surface area contributed by atoms with Crippen LogP contribution in [0, 0.1) is 11.6 Å². The van der Waals surface area contributed by atoms with Gasteiger partial charge in [-0.3, -0.25) is 14.7 Å². The average molecular weight is 423 g/mol. The van der Waals surface area contributed by atoms with Crippen LogP contribution in [0.15, 0.2) is 66.9 Å². The lowest BCUT2D eigenvalue weighted by Crippen LogP contribution is -2.48. The highest BCUT2D eigenvalue weighted by atomic mass is 19.2. The van der Waals surface area contributed by atoms with Crippen LogP contribution in [0.2, 0.25) is 0 Å². The molecule has 1 fully saturated rings. The van der Waals surface area contributed by atoms with Crippen molar-refractivity contribution in [3.05, 3.63) is 95.3 Å². The normalized spacial score (nSPS) is 14.5. The lowest BCUT2D eigenvalue weighted by molar-refractivity contribution is 0.0628. The molecular formula is C24H23F2N3O2. The molecule has 1 aliphatic rings. The number of amides is 1. The Morgan fingerprint density at radius 1 is 0.935 bits per heavy atom. The van der Waals surface area contributed by atoms with Gasteiger partial charge < -0.3 is 9.64 Å². The van der Waals surface area contributed by atoms with E-state index in [4.69, 9.17) is 4.74 Å². The molecule has 0 atom stereocenters. The SMILES string of the molecule is O=C(c1ccc(F)c(F)c1)N1CCN(Cc2ccc(OCc3ccccn3)cc2)CC1. The standard InChI is InChI=1S/C24H23F2N3O2/c25-22-9-6-19(15-23(22)26)24(30)29-13-11-28(12-14-29)16-18-4-7-21(8-5-18)31-17-20-3-1-2-10-27-20/h1-10,15H,11-14,16-17H2. The molecule has 0 spiro atoms. The summed E-state index contributed by atoms with van der Waals surface area (Å²) in [5.74, 6) is -1.43. The Balaban J connectivity index is 1.25. The first-order valence-electron chi connectivity index (χ1n) is 10.2. The summed E-state index contributed by atoms with van der Waals surface area (Å²) in [6, 6.07) is 17.0. The number of rotatable bonds is 6. The highest BCUT2D eigenvalue weighted by molar-refractivity contribution is 5.94. The Kier molecular flexibility index (Phi) is 6.52. The van der Waals surface area contributed by atoms with Gasteiger partial charge >= 0.3 is 0 Å². The predicted molar refractivity (Wildman–Crippen MR) is 113 cm³/mol. The molecule has 7 heteroatoms. The van der Waals surface area contributed by atoms with Gasteiger partial charge in [-0.15, -0.1) is 0 Å². The van der Waals surface area contributed by atoms with Crippen molar-refractivity contribution in [1.82, 2.24) is 14.8 Å². The van der Waals surface area contributed by atoms with E-state index in [9.17, 15) is 13.6 Å². The molecule has 0 bridgehead atoms. The zero-order valence-electron chi connectivity index (χ0n) is 17.0. The van der Waals surface area contributed by atoms with Crippen molar-refractivity contribution in [3.8, 4) is 5.75 Å². The Labute approximate surface area is 179 Å². The van der Waals surface area contributed by atoms with Crippen LogP contribution in [-0.4, -0.2) is 46.9 Å². The Morgan fingerprint density at radius 2 is 1.71 bits per heavy atom. The lowest BCUT2D eigenvalue weighted by Gasteiger charge is -2.34. The highest BCUT2D eigenvalue weighted by Gasteiger charge is 2.23. The number of ether oxygens (including phenoxy) is 1. The van der Waals surface area contributed by atoms with Crippen LogP contribution < -0.4 is 4.74 Å². The second kappa shape index (κ2) is 9.66. The fraction of sp³-hybridized carbons (Fsp3) is 0.250. The van der Waals surface area contributed by atoms with E-state index in [1.807, 2.05) is 42.5 Å². The van der Waals surface area contributed by atoms with Crippen LogP contribution in [0.25, 0.3) is 0 Å². The van der Waals surface area contributed by atoms with Crippen LogP contribution in [-0.2, 0) is 13.2 Å². The third-order valence-electron chi connectivity index (χ3n) is 5.27. The molecule has 3 aromatic rings. The molecule has 0 N–H and O–H groups in total. The van der Waals surface area contributed by atoms with E-state index in [0.717, 1.165) is 35.7 Å². The third kappa shape index (κ3) is 5.44. The highest BCUT2D eigenvalue weighted by Crippen LogP contribution is 2.17. The van der Waals surface area contributed by atoms with Gasteiger partial charge in [0.05, 0.1) is 5.69 Å². The van der Waals surface area contributed by atoms with Gasteiger partial charge in [-0.1, -0.05) is 18.2 Å². The zero-order chi connectivity index (χ0) is 21.6. The van der Waals surface area contributed by atoms with E-state index in [0.29, 0.717) is 32.8 Å². The van der Waals surface area contributed by atoms with Crippen LogP contribution >= 0.6 is 0 Å². The van der Waals surface area contributed by atoms with Gasteiger partial charge in [0.1, 0.15) is 12.4 Å². The molecule has 4 rings (SSSR count). The fourth-order valence-corrected chi connectivity index (χ4v) is 3.51. The number of piperazine rings is 1. The molecule has 1 aromatic heterocycles. The maximum Gasteiger partial charge on any atom is 0.254 e. The van der Waals surface area contributed by atoms with Gasteiger partial charge in [0.15, 0.2) is 11.6 Å². The summed E-state index contributed by atoms with van der Waals surface area (Å²) < 4.78 is 32.3. The maximum absolute atomic E-state index is 13.4. The summed E-state index contributed by atoms with van der Waals surface area (Å²) in [5.41, 5.74) is 2.21. The summed E-state index contributed by atoms with van der Waals surface area (Å²) in [4.78, 5) is 20.7. The van der Waals surface area contributed by atoms with Crippen molar-refractivity contribution in [2.45, 2.75) is 13.2 Å². The minimum absolute atomic E-state index is 0.175. The molecule has 5 nitrogen and oxygen atoms in total. The molecule has 0 saturated carbocycles. The number of carbonyl (C=O) groups is 1. The zero-order valence-corrected chi connectivity index (χ0v) is 17.0. The summed E-state index contributed by atoms with van der Waals surface area (Å²) >= 11 is 0. The van der Waals surface area contributed by atoms with Crippen molar-refractivity contribution < 1.29 is 18.3 Å².